The molecule has 15 heavy (non-hydrogen) atoms. The zero-order valence-electron chi connectivity index (χ0n) is 10.8. The van der Waals surface area contributed by atoms with E-state index < -0.39 is 0 Å². The average molecular weight is 214 g/mol. The Kier molecular flexibility index (Phi) is 6.57. The summed E-state index contributed by atoms with van der Waals surface area (Å²) in [5, 5.41) is 6.05. The van der Waals surface area contributed by atoms with Gasteiger partial charge in [0.15, 0.2) is 0 Å². The van der Waals surface area contributed by atoms with E-state index in [1.165, 1.54) is 0 Å². The van der Waals surface area contributed by atoms with Crippen molar-refractivity contribution in [3.05, 3.63) is 0 Å². The van der Waals surface area contributed by atoms with Gasteiger partial charge in [-0.1, -0.05) is 34.6 Å². The lowest BCUT2D eigenvalue weighted by molar-refractivity contribution is -0.120. The molecular weight excluding hydrogens is 188 g/mol. The minimum Gasteiger partial charge on any atom is -0.355 e. The van der Waals surface area contributed by atoms with Gasteiger partial charge < -0.3 is 10.6 Å². The molecule has 0 aromatic carbocycles. The monoisotopic (exact) mass is 214 g/mol. The Balaban J connectivity index is 3.65. The first-order valence-electron chi connectivity index (χ1n) is 5.87. The lowest BCUT2D eigenvalue weighted by atomic mass is 9.81. The van der Waals surface area contributed by atoms with E-state index in [1.54, 1.807) is 0 Å². The predicted octanol–water partition coefficient (Wildman–Crippen LogP) is 1.78. The quantitative estimate of drug-likeness (QED) is 0.678. The molecule has 0 fully saturated rings. The standard InChI is InChI=1S/C12H26N2O/c1-6-7-14-11(15)8-13-9-12(4,5)10(2)3/h10,13H,6-9H2,1-5H3,(H,14,15). The van der Waals surface area contributed by atoms with Crippen LogP contribution in [-0.4, -0.2) is 25.5 Å². The number of carbonyl (C=O) groups is 1. The molecule has 0 saturated carbocycles. The number of carbonyl (C=O) groups excluding carboxylic acids is 1. The Morgan fingerprint density at radius 2 is 1.93 bits per heavy atom. The van der Waals surface area contributed by atoms with Gasteiger partial charge in [0.25, 0.3) is 0 Å². The van der Waals surface area contributed by atoms with Crippen molar-refractivity contribution < 1.29 is 4.79 Å². The van der Waals surface area contributed by atoms with Crippen LogP contribution < -0.4 is 10.6 Å². The maximum atomic E-state index is 11.3. The maximum absolute atomic E-state index is 11.3. The minimum absolute atomic E-state index is 0.0939. The molecule has 0 heterocycles. The lowest BCUT2D eigenvalue weighted by Gasteiger charge is -2.29. The van der Waals surface area contributed by atoms with Gasteiger partial charge in [-0.05, 0) is 17.8 Å². The van der Waals surface area contributed by atoms with Crippen molar-refractivity contribution in [3.8, 4) is 0 Å². The van der Waals surface area contributed by atoms with Gasteiger partial charge in [-0.15, -0.1) is 0 Å². The largest absolute Gasteiger partial charge is 0.355 e. The third-order valence-corrected chi connectivity index (χ3v) is 3.00. The molecule has 3 heteroatoms. The van der Waals surface area contributed by atoms with E-state index >= 15 is 0 Å². The summed E-state index contributed by atoms with van der Waals surface area (Å²) in [4.78, 5) is 11.3. The first kappa shape index (κ1) is 14.4. The van der Waals surface area contributed by atoms with Gasteiger partial charge in [-0.2, -0.15) is 0 Å². The van der Waals surface area contributed by atoms with E-state index in [0.717, 1.165) is 19.5 Å². The van der Waals surface area contributed by atoms with Crippen LogP contribution in [0, 0.1) is 11.3 Å². The van der Waals surface area contributed by atoms with Crippen LogP contribution in [0.15, 0.2) is 0 Å². The van der Waals surface area contributed by atoms with E-state index in [0.29, 0.717) is 12.5 Å². The molecule has 0 spiro atoms. The number of nitrogens with one attached hydrogen (secondary N) is 2. The molecule has 0 aliphatic rings. The van der Waals surface area contributed by atoms with E-state index in [4.69, 9.17) is 0 Å². The molecule has 90 valence electrons. The Morgan fingerprint density at radius 3 is 2.40 bits per heavy atom. The predicted molar refractivity (Wildman–Crippen MR) is 64.8 cm³/mol. The average Bonchev–Trinajstić information content (AvgIpc) is 2.14. The van der Waals surface area contributed by atoms with Gasteiger partial charge >= 0.3 is 0 Å². The number of rotatable bonds is 7. The zero-order valence-corrected chi connectivity index (χ0v) is 10.8. The Labute approximate surface area is 94.0 Å². The molecule has 0 rings (SSSR count). The lowest BCUT2D eigenvalue weighted by Crippen LogP contribution is -2.40. The van der Waals surface area contributed by atoms with Crippen LogP contribution in [0.2, 0.25) is 0 Å². The summed E-state index contributed by atoms with van der Waals surface area (Å²) in [7, 11) is 0. The van der Waals surface area contributed by atoms with E-state index in [1.807, 2.05) is 0 Å². The number of hydrogen-bond acceptors (Lipinski definition) is 2. The molecule has 0 atom stereocenters. The summed E-state index contributed by atoms with van der Waals surface area (Å²) in [6, 6.07) is 0. The molecule has 0 aromatic heterocycles. The fourth-order valence-corrected chi connectivity index (χ4v) is 1.03. The van der Waals surface area contributed by atoms with Crippen molar-refractivity contribution in [3.63, 3.8) is 0 Å². The van der Waals surface area contributed by atoms with Crippen LogP contribution in [0.4, 0.5) is 0 Å². The van der Waals surface area contributed by atoms with E-state index in [9.17, 15) is 4.79 Å². The summed E-state index contributed by atoms with van der Waals surface area (Å²) in [6.07, 6.45) is 0.989. The molecule has 0 bridgehead atoms. The van der Waals surface area contributed by atoms with E-state index in [-0.39, 0.29) is 11.3 Å². The van der Waals surface area contributed by atoms with Crippen molar-refractivity contribution in [2.24, 2.45) is 11.3 Å². The van der Waals surface area contributed by atoms with Crippen LogP contribution in [0.1, 0.15) is 41.0 Å². The summed E-state index contributed by atoms with van der Waals surface area (Å²) in [6.45, 7) is 13.0. The van der Waals surface area contributed by atoms with Crippen LogP contribution in [0.5, 0.6) is 0 Å². The Morgan fingerprint density at radius 1 is 1.33 bits per heavy atom. The topological polar surface area (TPSA) is 41.1 Å². The highest BCUT2D eigenvalue weighted by atomic mass is 16.1. The fraction of sp³-hybridized carbons (Fsp3) is 0.917. The number of hydrogen-bond donors (Lipinski definition) is 2. The highest BCUT2D eigenvalue weighted by molar-refractivity contribution is 5.77. The SMILES string of the molecule is CCCNC(=O)CNCC(C)(C)C(C)C. The van der Waals surface area contributed by atoms with Crippen molar-refractivity contribution in [1.29, 1.82) is 0 Å². The molecule has 0 aromatic rings. The van der Waals surface area contributed by atoms with Crippen LogP contribution >= 0.6 is 0 Å². The molecule has 3 nitrogen and oxygen atoms in total. The summed E-state index contributed by atoms with van der Waals surface area (Å²) in [5.41, 5.74) is 0.241. The Hall–Kier alpha value is -0.570. The first-order chi connectivity index (χ1) is 6.90. The van der Waals surface area contributed by atoms with Crippen LogP contribution in [0.3, 0.4) is 0 Å². The van der Waals surface area contributed by atoms with Crippen molar-refractivity contribution in [2.45, 2.75) is 41.0 Å². The maximum Gasteiger partial charge on any atom is 0.233 e. The second-order valence-corrected chi connectivity index (χ2v) is 5.10. The van der Waals surface area contributed by atoms with Crippen molar-refractivity contribution in [2.75, 3.05) is 19.6 Å². The fourth-order valence-electron chi connectivity index (χ4n) is 1.03. The van der Waals surface area contributed by atoms with Gasteiger partial charge in [-0.25, -0.2) is 0 Å². The highest BCUT2D eigenvalue weighted by Gasteiger charge is 2.21. The third-order valence-electron chi connectivity index (χ3n) is 3.00. The van der Waals surface area contributed by atoms with Gasteiger partial charge in [0.1, 0.15) is 0 Å². The van der Waals surface area contributed by atoms with Gasteiger partial charge in [0.2, 0.25) is 5.91 Å². The van der Waals surface area contributed by atoms with Gasteiger partial charge in [-0.3, -0.25) is 4.79 Å². The molecule has 0 unspecified atom stereocenters. The summed E-state index contributed by atoms with van der Waals surface area (Å²) < 4.78 is 0. The van der Waals surface area contributed by atoms with Gasteiger partial charge in [0.05, 0.1) is 6.54 Å². The molecule has 0 saturated heterocycles. The molecular formula is C12H26N2O. The number of amides is 1. The highest BCUT2D eigenvalue weighted by Crippen LogP contribution is 2.24. The minimum atomic E-state index is 0.0939. The van der Waals surface area contributed by atoms with Crippen LogP contribution in [0.25, 0.3) is 0 Å². The second kappa shape index (κ2) is 6.83. The molecule has 0 radical (unpaired) electrons. The normalized spacial score (nSPS) is 11.9. The summed E-state index contributed by atoms with van der Waals surface area (Å²) in [5.74, 6) is 0.708. The third kappa shape index (κ3) is 6.50. The van der Waals surface area contributed by atoms with Crippen molar-refractivity contribution >= 4 is 5.91 Å². The smallest absolute Gasteiger partial charge is 0.233 e. The summed E-state index contributed by atoms with van der Waals surface area (Å²) >= 11 is 0. The molecule has 1 amide bonds. The van der Waals surface area contributed by atoms with E-state index in [2.05, 4.69) is 45.3 Å². The van der Waals surface area contributed by atoms with Gasteiger partial charge in [0, 0.05) is 13.1 Å². The zero-order chi connectivity index (χ0) is 11.9. The molecule has 0 aliphatic heterocycles. The van der Waals surface area contributed by atoms with Crippen LogP contribution in [-0.2, 0) is 4.79 Å². The van der Waals surface area contributed by atoms with Crippen molar-refractivity contribution in [1.82, 2.24) is 10.6 Å². The molecule has 0 aliphatic carbocycles. The molecule has 2 N–H and O–H groups in total. The second-order valence-electron chi connectivity index (χ2n) is 5.10. The first-order valence-corrected chi connectivity index (χ1v) is 5.87. The Bertz CT molecular complexity index is 188.